The smallest absolute Gasteiger partial charge is 0.227 e. The lowest BCUT2D eigenvalue weighted by molar-refractivity contribution is -0.138. The Balaban J connectivity index is 1.89. The number of carbonyl (C=O) groups excluding carboxylic acids is 1. The van der Waals surface area contributed by atoms with Gasteiger partial charge < -0.3 is 10.6 Å². The molecule has 1 aliphatic heterocycles. The average molecular weight is 266 g/mol. The Labute approximate surface area is 117 Å². The Morgan fingerprint density at radius 3 is 2.32 bits per heavy atom. The van der Waals surface area contributed by atoms with E-state index < -0.39 is 0 Å². The first kappa shape index (κ1) is 14.8. The third kappa shape index (κ3) is 3.71. The quantitative estimate of drug-likeness (QED) is 0.781. The van der Waals surface area contributed by atoms with Crippen molar-refractivity contribution in [3.05, 3.63) is 0 Å². The summed E-state index contributed by atoms with van der Waals surface area (Å²) in [7, 11) is 0. The summed E-state index contributed by atoms with van der Waals surface area (Å²) in [6.45, 7) is 6.49. The molecule has 19 heavy (non-hydrogen) atoms. The second-order valence-electron chi connectivity index (χ2n) is 6.82. The number of amides is 1. The fraction of sp³-hybridized carbons (Fsp3) is 0.938. The highest BCUT2D eigenvalue weighted by molar-refractivity contribution is 5.79. The van der Waals surface area contributed by atoms with Crippen molar-refractivity contribution in [2.24, 2.45) is 23.5 Å². The molecule has 0 bridgehead atoms. The van der Waals surface area contributed by atoms with Gasteiger partial charge in [0.25, 0.3) is 0 Å². The van der Waals surface area contributed by atoms with Crippen molar-refractivity contribution in [1.82, 2.24) is 4.90 Å². The van der Waals surface area contributed by atoms with Crippen molar-refractivity contribution in [3.8, 4) is 0 Å². The average Bonchev–Trinajstić information content (AvgIpc) is 2.63. The zero-order valence-corrected chi connectivity index (χ0v) is 12.6. The number of piperidine rings is 1. The van der Waals surface area contributed by atoms with E-state index in [1.54, 1.807) is 0 Å². The molecular formula is C16H30N2O. The van der Waals surface area contributed by atoms with Crippen LogP contribution in [0.4, 0.5) is 0 Å². The largest absolute Gasteiger partial charge is 0.342 e. The number of carbonyl (C=O) groups is 1. The predicted molar refractivity (Wildman–Crippen MR) is 78.7 cm³/mol. The Morgan fingerprint density at radius 2 is 1.68 bits per heavy atom. The lowest BCUT2D eigenvalue weighted by Gasteiger charge is -2.36. The minimum absolute atomic E-state index is 0.0952. The molecule has 2 fully saturated rings. The predicted octanol–water partition coefficient (Wildman–Crippen LogP) is 2.79. The highest BCUT2D eigenvalue weighted by Crippen LogP contribution is 2.28. The van der Waals surface area contributed by atoms with Gasteiger partial charge in [-0.2, -0.15) is 0 Å². The number of likely N-dealkylation sites (tertiary alicyclic amines) is 1. The number of hydrogen-bond donors (Lipinski definition) is 1. The molecule has 3 nitrogen and oxygen atoms in total. The van der Waals surface area contributed by atoms with Gasteiger partial charge in [0.1, 0.15) is 0 Å². The van der Waals surface area contributed by atoms with E-state index in [0.29, 0.717) is 5.91 Å². The van der Waals surface area contributed by atoms with E-state index in [1.807, 2.05) is 0 Å². The van der Waals surface area contributed by atoms with Crippen LogP contribution in [-0.4, -0.2) is 29.9 Å². The summed E-state index contributed by atoms with van der Waals surface area (Å²) in [5.74, 6) is 1.99. The Morgan fingerprint density at radius 1 is 1.05 bits per heavy atom. The highest BCUT2D eigenvalue weighted by atomic mass is 16.2. The second-order valence-corrected chi connectivity index (χ2v) is 6.82. The van der Waals surface area contributed by atoms with Gasteiger partial charge in [0.05, 0.1) is 5.92 Å². The Bertz CT molecular complexity index is 295. The van der Waals surface area contributed by atoms with Crippen molar-refractivity contribution in [3.63, 3.8) is 0 Å². The van der Waals surface area contributed by atoms with Gasteiger partial charge in [-0.25, -0.2) is 0 Å². The van der Waals surface area contributed by atoms with Crippen molar-refractivity contribution in [2.75, 3.05) is 13.1 Å². The molecule has 110 valence electrons. The van der Waals surface area contributed by atoms with E-state index >= 15 is 0 Å². The minimum Gasteiger partial charge on any atom is -0.342 e. The fourth-order valence-electron chi connectivity index (χ4n) is 3.66. The number of hydrogen-bond acceptors (Lipinski definition) is 2. The molecule has 1 aliphatic carbocycles. The van der Waals surface area contributed by atoms with Crippen LogP contribution in [0.1, 0.15) is 58.8 Å². The standard InChI is InChI=1S/C16H30N2O/c1-12(2)13-8-10-18(11-9-13)16(19)14-6-4-3-5-7-15(14)17/h12-15H,3-11,17H2,1-2H3. The summed E-state index contributed by atoms with van der Waals surface area (Å²) in [4.78, 5) is 14.7. The molecule has 0 spiro atoms. The molecule has 2 aliphatic rings. The number of nitrogens with two attached hydrogens (primary N) is 1. The van der Waals surface area contributed by atoms with E-state index in [0.717, 1.165) is 37.8 Å². The maximum absolute atomic E-state index is 12.6. The third-order valence-corrected chi connectivity index (χ3v) is 5.18. The van der Waals surface area contributed by atoms with Gasteiger partial charge >= 0.3 is 0 Å². The fourth-order valence-corrected chi connectivity index (χ4v) is 3.66. The molecule has 2 atom stereocenters. The van der Waals surface area contributed by atoms with Crippen molar-refractivity contribution < 1.29 is 4.79 Å². The summed E-state index contributed by atoms with van der Waals surface area (Å²) in [6.07, 6.45) is 7.99. The lowest BCUT2D eigenvalue weighted by Crippen LogP contribution is -2.47. The molecular weight excluding hydrogens is 236 g/mol. The van der Waals surface area contributed by atoms with Gasteiger partial charge in [-0.15, -0.1) is 0 Å². The van der Waals surface area contributed by atoms with Crippen LogP contribution in [0.2, 0.25) is 0 Å². The number of nitrogens with zero attached hydrogens (tertiary/aromatic N) is 1. The second kappa shape index (κ2) is 6.74. The summed E-state index contributed by atoms with van der Waals surface area (Å²) < 4.78 is 0. The third-order valence-electron chi connectivity index (χ3n) is 5.18. The van der Waals surface area contributed by atoms with Gasteiger partial charge in [0.2, 0.25) is 5.91 Å². The SMILES string of the molecule is CC(C)C1CCN(C(=O)C2CCCCCC2N)CC1. The molecule has 1 amide bonds. The molecule has 3 heteroatoms. The van der Waals surface area contributed by atoms with Crippen LogP contribution in [0.15, 0.2) is 0 Å². The minimum atomic E-state index is 0.0952. The van der Waals surface area contributed by atoms with Crippen LogP contribution >= 0.6 is 0 Å². The summed E-state index contributed by atoms with van der Waals surface area (Å²) in [5.41, 5.74) is 6.21. The summed E-state index contributed by atoms with van der Waals surface area (Å²) in [6, 6.07) is 0.0952. The number of rotatable bonds is 2. The van der Waals surface area contributed by atoms with E-state index in [2.05, 4.69) is 18.7 Å². The maximum atomic E-state index is 12.6. The molecule has 1 saturated heterocycles. The Hall–Kier alpha value is -0.570. The molecule has 2 rings (SSSR count). The van der Waals surface area contributed by atoms with Crippen LogP contribution in [0.3, 0.4) is 0 Å². The van der Waals surface area contributed by atoms with Crippen LogP contribution in [0.5, 0.6) is 0 Å². The topological polar surface area (TPSA) is 46.3 Å². The van der Waals surface area contributed by atoms with Crippen molar-refractivity contribution >= 4 is 5.91 Å². The van der Waals surface area contributed by atoms with Crippen LogP contribution < -0.4 is 5.73 Å². The van der Waals surface area contributed by atoms with Gasteiger partial charge in [0, 0.05) is 19.1 Å². The maximum Gasteiger partial charge on any atom is 0.227 e. The molecule has 0 aromatic rings. The summed E-state index contributed by atoms with van der Waals surface area (Å²) in [5, 5.41) is 0. The van der Waals surface area contributed by atoms with Crippen LogP contribution in [0, 0.1) is 17.8 Å². The van der Waals surface area contributed by atoms with E-state index in [1.165, 1.54) is 32.1 Å². The highest BCUT2D eigenvalue weighted by Gasteiger charge is 2.32. The van der Waals surface area contributed by atoms with Gasteiger partial charge in [-0.1, -0.05) is 33.1 Å². The van der Waals surface area contributed by atoms with Gasteiger partial charge in [-0.05, 0) is 37.5 Å². The molecule has 1 saturated carbocycles. The molecule has 0 aromatic heterocycles. The van der Waals surface area contributed by atoms with E-state index in [9.17, 15) is 4.79 Å². The molecule has 0 radical (unpaired) electrons. The Kier molecular flexibility index (Phi) is 5.26. The first-order valence-electron chi connectivity index (χ1n) is 8.14. The zero-order valence-electron chi connectivity index (χ0n) is 12.6. The van der Waals surface area contributed by atoms with Gasteiger partial charge in [0.15, 0.2) is 0 Å². The molecule has 1 heterocycles. The molecule has 0 aromatic carbocycles. The van der Waals surface area contributed by atoms with Crippen LogP contribution in [-0.2, 0) is 4.79 Å². The lowest BCUT2D eigenvalue weighted by atomic mass is 9.85. The summed E-state index contributed by atoms with van der Waals surface area (Å²) >= 11 is 0. The van der Waals surface area contributed by atoms with Gasteiger partial charge in [-0.3, -0.25) is 4.79 Å². The van der Waals surface area contributed by atoms with E-state index in [4.69, 9.17) is 5.73 Å². The first-order valence-corrected chi connectivity index (χ1v) is 8.14. The van der Waals surface area contributed by atoms with Crippen molar-refractivity contribution in [2.45, 2.75) is 64.8 Å². The molecule has 2 N–H and O–H groups in total. The van der Waals surface area contributed by atoms with Crippen LogP contribution in [0.25, 0.3) is 0 Å². The van der Waals surface area contributed by atoms with Crippen molar-refractivity contribution in [1.29, 1.82) is 0 Å². The zero-order chi connectivity index (χ0) is 13.8. The molecule has 2 unspecified atom stereocenters. The normalized spacial score (nSPS) is 30.4. The van der Waals surface area contributed by atoms with E-state index in [-0.39, 0.29) is 12.0 Å². The monoisotopic (exact) mass is 266 g/mol. The first-order chi connectivity index (χ1) is 9.09.